The van der Waals surface area contributed by atoms with E-state index in [0.29, 0.717) is 17.7 Å². The zero-order chi connectivity index (χ0) is 23.0. The smallest absolute Gasteiger partial charge is 0.0632 e. The Hall–Kier alpha value is -1.42. The van der Waals surface area contributed by atoms with E-state index in [1.807, 2.05) is 18.9 Å². The van der Waals surface area contributed by atoms with Crippen LogP contribution in [0.5, 0.6) is 0 Å². The topological polar surface area (TPSA) is 24.5 Å². The Morgan fingerprint density at radius 3 is 2.33 bits per heavy atom. The highest BCUT2D eigenvalue weighted by Crippen LogP contribution is 2.46. The van der Waals surface area contributed by atoms with E-state index >= 15 is 0 Å². The van der Waals surface area contributed by atoms with Gasteiger partial charge in [0.2, 0.25) is 0 Å². The maximum atomic E-state index is 5.57. The lowest BCUT2D eigenvalue weighted by molar-refractivity contribution is 0.0744. The van der Waals surface area contributed by atoms with Gasteiger partial charge in [-0.2, -0.15) is 0 Å². The summed E-state index contributed by atoms with van der Waals surface area (Å²) in [5.74, 6) is 0. The van der Waals surface area contributed by atoms with Crippen molar-refractivity contribution in [3.05, 3.63) is 83.3 Å². The molecule has 3 atom stereocenters. The number of ether oxygens (including phenoxy) is 1. The summed E-state index contributed by atoms with van der Waals surface area (Å²) < 4.78 is 5.57. The Balaban J connectivity index is 1.75. The van der Waals surface area contributed by atoms with Gasteiger partial charge in [-0.25, -0.2) is 10.4 Å². The Labute approximate surface area is 205 Å². The Morgan fingerprint density at radius 1 is 1.09 bits per heavy atom. The van der Waals surface area contributed by atoms with Gasteiger partial charge in [0.25, 0.3) is 0 Å². The van der Waals surface area contributed by atoms with Crippen molar-refractivity contribution in [3.63, 3.8) is 0 Å². The van der Waals surface area contributed by atoms with Crippen LogP contribution in [0.4, 0.5) is 0 Å². The first-order valence-electron chi connectivity index (χ1n) is 12.1. The predicted octanol–water partition coefficient (Wildman–Crippen LogP) is 5.46. The van der Waals surface area contributed by atoms with Crippen LogP contribution in [0.25, 0.3) is 0 Å². The van der Waals surface area contributed by atoms with Gasteiger partial charge in [-0.3, -0.25) is 0 Å². The number of nitrogens with one attached hydrogen (secondary N) is 1. The van der Waals surface area contributed by atoms with Gasteiger partial charge in [-0.05, 0) is 56.0 Å². The second kappa shape index (κ2) is 12.3. The molecule has 0 aromatic heterocycles. The van der Waals surface area contributed by atoms with Crippen molar-refractivity contribution in [1.82, 2.24) is 10.4 Å². The third kappa shape index (κ3) is 5.81. The van der Waals surface area contributed by atoms with Crippen LogP contribution in [0.2, 0.25) is 0 Å². The fourth-order valence-electron chi connectivity index (χ4n) is 5.20. The van der Waals surface area contributed by atoms with Crippen LogP contribution in [0.15, 0.2) is 83.3 Å². The molecule has 1 fully saturated rings. The monoisotopic (exact) mass is 480 g/mol. The van der Waals surface area contributed by atoms with Crippen molar-refractivity contribution >= 4 is 30.3 Å². The first kappa shape index (κ1) is 24.7. The van der Waals surface area contributed by atoms with Gasteiger partial charge >= 0.3 is 0 Å². The molecule has 1 heterocycles. The summed E-state index contributed by atoms with van der Waals surface area (Å²) in [4.78, 5) is 1.43. The number of hydrogen-bond donors (Lipinski definition) is 1. The molecular weight excluding hydrogens is 443 g/mol. The highest BCUT2D eigenvalue weighted by atomic mass is 32.2. The zero-order valence-corrected chi connectivity index (χ0v) is 21.8. The molecule has 3 unspecified atom stereocenters. The van der Waals surface area contributed by atoms with Crippen molar-refractivity contribution in [2.45, 2.75) is 50.3 Å². The van der Waals surface area contributed by atoms with Crippen LogP contribution in [-0.4, -0.2) is 49.3 Å². The average molecular weight is 481 g/mol. The largest absolute Gasteiger partial charge is 0.383 e. The van der Waals surface area contributed by atoms with E-state index in [-0.39, 0.29) is 0 Å². The summed E-state index contributed by atoms with van der Waals surface area (Å²) in [7, 11) is 1.29. The predicted molar refractivity (Wildman–Crippen MR) is 146 cm³/mol. The Kier molecular flexibility index (Phi) is 9.23. The summed E-state index contributed by atoms with van der Waals surface area (Å²) in [5.41, 5.74) is 6.13. The van der Waals surface area contributed by atoms with Crippen LogP contribution >= 0.6 is 19.7 Å². The van der Waals surface area contributed by atoms with Gasteiger partial charge in [0.05, 0.1) is 12.6 Å². The fraction of sp³-hybridized carbons (Fsp3) is 0.429. The first-order valence-corrected chi connectivity index (χ1v) is 14.7. The zero-order valence-electron chi connectivity index (χ0n) is 20.1. The van der Waals surface area contributed by atoms with Crippen molar-refractivity contribution in [3.8, 4) is 0 Å². The van der Waals surface area contributed by atoms with Gasteiger partial charge in [0.15, 0.2) is 0 Å². The molecule has 33 heavy (non-hydrogen) atoms. The van der Waals surface area contributed by atoms with Gasteiger partial charge in [0.1, 0.15) is 0 Å². The molecule has 3 nitrogen and oxygen atoms in total. The van der Waals surface area contributed by atoms with Gasteiger partial charge in [0, 0.05) is 30.3 Å². The van der Waals surface area contributed by atoms with Crippen molar-refractivity contribution in [2.75, 3.05) is 26.5 Å². The van der Waals surface area contributed by atoms with Crippen molar-refractivity contribution in [1.29, 1.82) is 0 Å². The summed E-state index contributed by atoms with van der Waals surface area (Å²) in [6.07, 6.45) is 11.5. The number of benzene rings is 2. The number of allylic oxidation sites excluding steroid dienone is 2. The lowest BCUT2D eigenvalue weighted by atomic mass is 10.0. The molecular formula is C28H37N2OPS. The number of hydrogen-bond acceptors (Lipinski definition) is 4. The molecule has 0 saturated carbocycles. The Morgan fingerprint density at radius 2 is 1.76 bits per heavy atom. The number of hydrazine groups is 1. The van der Waals surface area contributed by atoms with E-state index in [1.54, 1.807) is 5.57 Å². The molecule has 4 rings (SSSR count). The molecule has 2 aromatic rings. The van der Waals surface area contributed by atoms with Gasteiger partial charge in [-0.15, -0.1) is 11.8 Å². The third-order valence-corrected chi connectivity index (χ3v) is 10.6. The fourth-order valence-corrected chi connectivity index (χ4v) is 8.87. The summed E-state index contributed by atoms with van der Waals surface area (Å²) in [6, 6.07) is 23.1. The highest BCUT2D eigenvalue weighted by molar-refractivity contribution is 8.02. The molecule has 0 bridgehead atoms. The molecule has 2 aromatic carbocycles. The molecule has 0 amide bonds. The van der Waals surface area contributed by atoms with E-state index in [9.17, 15) is 0 Å². The van der Waals surface area contributed by atoms with Crippen LogP contribution in [0.1, 0.15) is 32.6 Å². The average Bonchev–Trinajstić information content (AvgIpc) is 3.52. The summed E-state index contributed by atoms with van der Waals surface area (Å²) in [6.45, 7) is 4.25. The molecule has 1 aliphatic carbocycles. The van der Waals surface area contributed by atoms with E-state index in [0.717, 1.165) is 26.0 Å². The minimum Gasteiger partial charge on any atom is -0.383 e. The third-order valence-electron chi connectivity index (χ3n) is 6.76. The highest BCUT2D eigenvalue weighted by Gasteiger charge is 2.37. The van der Waals surface area contributed by atoms with Crippen LogP contribution < -0.4 is 16.0 Å². The van der Waals surface area contributed by atoms with E-state index in [1.165, 1.54) is 28.4 Å². The van der Waals surface area contributed by atoms with E-state index < -0.39 is 7.92 Å². The van der Waals surface area contributed by atoms with Crippen LogP contribution in [-0.2, 0) is 4.74 Å². The first-order chi connectivity index (χ1) is 16.3. The number of nitrogens with zero attached hydrogens (tertiary/aromatic N) is 1. The normalized spacial score (nSPS) is 20.7. The molecule has 0 spiro atoms. The van der Waals surface area contributed by atoms with E-state index in [4.69, 9.17) is 4.74 Å². The minimum atomic E-state index is -0.528. The van der Waals surface area contributed by atoms with Crippen LogP contribution in [0, 0.1) is 0 Å². The number of methoxy groups -OCH3 is 1. The molecule has 0 radical (unpaired) electrons. The Bertz CT molecular complexity index is 894. The molecule has 5 heteroatoms. The minimum absolute atomic E-state index is 0.302. The SMILES string of the molecule is CCC(C(NN1CCCC1COC)C1=C(SC)C=CC1)P(c1ccccc1)c1ccccc1. The maximum Gasteiger partial charge on any atom is 0.0632 e. The molecule has 2 aliphatic rings. The molecule has 1 aliphatic heterocycles. The lowest BCUT2D eigenvalue weighted by Gasteiger charge is -2.39. The maximum absolute atomic E-state index is 5.57. The molecule has 176 valence electrons. The lowest BCUT2D eigenvalue weighted by Crippen LogP contribution is -2.54. The second-order valence-electron chi connectivity index (χ2n) is 8.77. The standard InChI is InChI=1S/C28H37N2OPS/c1-4-26(32(23-14-7-5-8-15-23)24-16-9-6-10-17-24)28(25-18-11-19-27(25)33-3)29-30-20-12-13-22(30)21-31-2/h5-11,14-17,19,22,26,28-29H,4,12-13,18,20-21H2,1-3H3. The van der Waals surface area contributed by atoms with Gasteiger partial charge < -0.3 is 4.74 Å². The van der Waals surface area contributed by atoms with Crippen LogP contribution in [0.3, 0.4) is 0 Å². The summed E-state index contributed by atoms with van der Waals surface area (Å²) >= 11 is 1.89. The second-order valence-corrected chi connectivity index (χ2v) is 12.1. The number of rotatable bonds is 11. The van der Waals surface area contributed by atoms with Gasteiger partial charge in [-0.1, -0.05) is 79.7 Å². The molecule has 1 N–H and O–H groups in total. The quantitative estimate of drug-likeness (QED) is 0.432. The molecule has 1 saturated heterocycles. The van der Waals surface area contributed by atoms with Crippen molar-refractivity contribution < 1.29 is 4.74 Å². The summed E-state index contributed by atoms with van der Waals surface area (Å²) in [5, 5.41) is 5.41. The van der Waals surface area contributed by atoms with Crippen molar-refractivity contribution in [2.24, 2.45) is 0 Å². The number of thioether (sulfide) groups is 1. The van der Waals surface area contributed by atoms with E-state index in [2.05, 4.69) is 96.4 Å².